The van der Waals surface area contributed by atoms with Gasteiger partial charge < -0.3 is 10.2 Å². The van der Waals surface area contributed by atoms with Crippen molar-refractivity contribution >= 4 is 17.8 Å². The summed E-state index contributed by atoms with van der Waals surface area (Å²) in [6, 6.07) is -0.416. The van der Waals surface area contributed by atoms with E-state index in [-0.39, 0.29) is 18.4 Å². The third kappa shape index (κ3) is 3.73. The van der Waals surface area contributed by atoms with Crippen LogP contribution in [0.25, 0.3) is 0 Å². The lowest BCUT2D eigenvalue weighted by Gasteiger charge is -2.38. The van der Waals surface area contributed by atoms with E-state index >= 15 is 0 Å². The normalized spacial score (nSPS) is 29.9. The molecule has 4 amide bonds. The Balaban J connectivity index is 2.07. The predicted molar refractivity (Wildman–Crippen MR) is 92.3 cm³/mol. The summed E-state index contributed by atoms with van der Waals surface area (Å²) in [5.41, 5.74) is -0.797. The number of urea groups is 1. The van der Waals surface area contributed by atoms with Crippen LogP contribution >= 0.6 is 0 Å². The second-order valence-corrected chi connectivity index (χ2v) is 7.58. The summed E-state index contributed by atoms with van der Waals surface area (Å²) in [6.45, 7) is 9.36. The Labute approximate surface area is 144 Å². The summed E-state index contributed by atoms with van der Waals surface area (Å²) < 4.78 is 0. The molecule has 136 valence electrons. The minimum Gasteiger partial charge on any atom is -0.341 e. The number of imide groups is 1. The van der Waals surface area contributed by atoms with Gasteiger partial charge in [-0.05, 0) is 44.4 Å². The Hall–Kier alpha value is -1.59. The average molecular weight is 337 g/mol. The molecule has 2 rings (SSSR count). The molecule has 2 aliphatic rings. The summed E-state index contributed by atoms with van der Waals surface area (Å²) in [4.78, 5) is 40.6. The third-order valence-corrected chi connectivity index (χ3v) is 5.25. The Kier molecular flexibility index (Phi) is 5.88. The van der Waals surface area contributed by atoms with Crippen molar-refractivity contribution in [3.05, 3.63) is 0 Å². The number of hydrogen-bond acceptors (Lipinski definition) is 3. The van der Waals surface area contributed by atoms with Gasteiger partial charge in [-0.3, -0.25) is 14.5 Å². The molecule has 1 aliphatic carbocycles. The van der Waals surface area contributed by atoms with Crippen LogP contribution in [0.1, 0.15) is 59.8 Å². The Morgan fingerprint density at radius 3 is 2.42 bits per heavy atom. The monoisotopic (exact) mass is 337 g/mol. The molecule has 6 nitrogen and oxygen atoms in total. The van der Waals surface area contributed by atoms with Crippen LogP contribution in [0.4, 0.5) is 4.79 Å². The van der Waals surface area contributed by atoms with Gasteiger partial charge in [0.15, 0.2) is 0 Å². The van der Waals surface area contributed by atoms with E-state index in [0.717, 1.165) is 24.2 Å². The first-order valence-corrected chi connectivity index (χ1v) is 9.24. The second kappa shape index (κ2) is 7.53. The largest absolute Gasteiger partial charge is 0.341 e. The first-order chi connectivity index (χ1) is 11.3. The maximum atomic E-state index is 12.9. The number of hydrogen-bond donors (Lipinski definition) is 1. The van der Waals surface area contributed by atoms with Crippen molar-refractivity contribution < 1.29 is 14.4 Å². The van der Waals surface area contributed by atoms with Crippen molar-refractivity contribution in [1.29, 1.82) is 0 Å². The van der Waals surface area contributed by atoms with E-state index in [1.54, 1.807) is 4.90 Å². The van der Waals surface area contributed by atoms with Crippen LogP contribution in [-0.2, 0) is 9.59 Å². The van der Waals surface area contributed by atoms with Crippen molar-refractivity contribution in [2.75, 3.05) is 19.6 Å². The standard InChI is InChI=1S/C18H31N3O3/c1-5-7-8-20(6-2)15(22)12-21-16(23)18(19-17(21)24)10-13(3)9-14(4)11-18/h13-14H,5-12H2,1-4H3,(H,19,24). The Morgan fingerprint density at radius 1 is 1.25 bits per heavy atom. The van der Waals surface area contributed by atoms with Crippen LogP contribution in [0.2, 0.25) is 0 Å². The molecule has 1 N–H and O–H groups in total. The van der Waals surface area contributed by atoms with Crippen LogP contribution in [0.15, 0.2) is 0 Å². The van der Waals surface area contributed by atoms with E-state index in [0.29, 0.717) is 37.8 Å². The quantitative estimate of drug-likeness (QED) is 0.757. The van der Waals surface area contributed by atoms with Crippen LogP contribution < -0.4 is 5.32 Å². The molecule has 0 aromatic rings. The minimum absolute atomic E-state index is 0.146. The number of carbonyl (C=O) groups is 3. The zero-order chi connectivity index (χ0) is 17.9. The molecule has 1 aliphatic heterocycles. The van der Waals surface area contributed by atoms with Gasteiger partial charge in [0, 0.05) is 13.1 Å². The topological polar surface area (TPSA) is 69.7 Å². The summed E-state index contributed by atoms with van der Waals surface area (Å²) in [5.74, 6) is 0.421. The zero-order valence-corrected chi connectivity index (χ0v) is 15.4. The summed E-state index contributed by atoms with van der Waals surface area (Å²) >= 11 is 0. The van der Waals surface area contributed by atoms with Gasteiger partial charge in [-0.2, -0.15) is 0 Å². The van der Waals surface area contributed by atoms with E-state index in [1.807, 2.05) is 6.92 Å². The zero-order valence-electron chi connectivity index (χ0n) is 15.4. The number of carbonyl (C=O) groups excluding carboxylic acids is 3. The van der Waals surface area contributed by atoms with Gasteiger partial charge in [0.05, 0.1) is 0 Å². The summed E-state index contributed by atoms with van der Waals surface area (Å²) in [6.07, 6.45) is 4.34. The SMILES string of the molecule is CCCCN(CC)C(=O)CN1C(=O)NC2(CC(C)CC(C)C2)C1=O. The third-order valence-electron chi connectivity index (χ3n) is 5.25. The molecule has 24 heavy (non-hydrogen) atoms. The second-order valence-electron chi connectivity index (χ2n) is 7.58. The van der Waals surface area contributed by atoms with E-state index in [2.05, 4.69) is 26.1 Å². The molecule has 1 spiro atoms. The predicted octanol–water partition coefficient (Wildman–Crippen LogP) is 2.38. The van der Waals surface area contributed by atoms with E-state index in [1.165, 1.54) is 0 Å². The highest BCUT2D eigenvalue weighted by Crippen LogP contribution is 2.39. The number of rotatable bonds is 6. The van der Waals surface area contributed by atoms with Crippen molar-refractivity contribution in [2.24, 2.45) is 11.8 Å². The van der Waals surface area contributed by atoms with Gasteiger partial charge in [0.2, 0.25) is 5.91 Å². The van der Waals surface area contributed by atoms with Gasteiger partial charge >= 0.3 is 6.03 Å². The molecule has 1 heterocycles. The molecule has 2 fully saturated rings. The molecular formula is C18H31N3O3. The van der Waals surface area contributed by atoms with Gasteiger partial charge in [0.1, 0.15) is 12.1 Å². The number of nitrogens with one attached hydrogen (secondary N) is 1. The van der Waals surface area contributed by atoms with Crippen LogP contribution in [0.5, 0.6) is 0 Å². The van der Waals surface area contributed by atoms with Crippen molar-refractivity contribution in [2.45, 2.75) is 65.3 Å². The fourth-order valence-corrected chi connectivity index (χ4v) is 4.27. The highest BCUT2D eigenvalue weighted by Gasteiger charge is 2.54. The highest BCUT2D eigenvalue weighted by molar-refractivity contribution is 6.09. The lowest BCUT2D eigenvalue weighted by atomic mass is 9.71. The van der Waals surface area contributed by atoms with E-state index in [4.69, 9.17) is 0 Å². The van der Waals surface area contributed by atoms with E-state index in [9.17, 15) is 14.4 Å². The minimum atomic E-state index is -0.797. The lowest BCUT2D eigenvalue weighted by Crippen LogP contribution is -2.52. The van der Waals surface area contributed by atoms with Crippen LogP contribution in [0, 0.1) is 11.8 Å². The number of nitrogens with zero attached hydrogens (tertiary/aromatic N) is 2. The first-order valence-electron chi connectivity index (χ1n) is 9.24. The first kappa shape index (κ1) is 18.7. The number of likely N-dealkylation sites (N-methyl/N-ethyl adjacent to an activating group) is 1. The molecule has 1 saturated carbocycles. The van der Waals surface area contributed by atoms with Crippen molar-refractivity contribution in [3.63, 3.8) is 0 Å². The fourth-order valence-electron chi connectivity index (χ4n) is 4.27. The highest BCUT2D eigenvalue weighted by atomic mass is 16.2. The summed E-state index contributed by atoms with van der Waals surface area (Å²) in [7, 11) is 0. The molecule has 0 aromatic carbocycles. The lowest BCUT2D eigenvalue weighted by molar-refractivity contribution is -0.140. The molecule has 2 atom stereocenters. The smallest absolute Gasteiger partial charge is 0.325 e. The van der Waals surface area contributed by atoms with Crippen molar-refractivity contribution in [1.82, 2.24) is 15.1 Å². The maximum Gasteiger partial charge on any atom is 0.325 e. The molecule has 1 saturated heterocycles. The molecule has 6 heteroatoms. The van der Waals surface area contributed by atoms with E-state index < -0.39 is 11.6 Å². The van der Waals surface area contributed by atoms with Crippen molar-refractivity contribution in [3.8, 4) is 0 Å². The van der Waals surface area contributed by atoms with Gasteiger partial charge in [0.25, 0.3) is 5.91 Å². The summed E-state index contributed by atoms with van der Waals surface area (Å²) in [5, 5.41) is 2.90. The Morgan fingerprint density at radius 2 is 1.88 bits per heavy atom. The number of unbranched alkanes of at least 4 members (excludes halogenated alkanes) is 1. The van der Waals surface area contributed by atoms with Gasteiger partial charge in [-0.25, -0.2) is 4.79 Å². The molecule has 0 bridgehead atoms. The average Bonchev–Trinajstić information content (AvgIpc) is 2.71. The maximum absolute atomic E-state index is 12.9. The molecular weight excluding hydrogens is 306 g/mol. The van der Waals surface area contributed by atoms with Crippen LogP contribution in [0.3, 0.4) is 0 Å². The fraction of sp³-hybridized carbons (Fsp3) is 0.833. The molecule has 0 radical (unpaired) electrons. The van der Waals surface area contributed by atoms with Gasteiger partial charge in [-0.15, -0.1) is 0 Å². The molecule has 2 unspecified atom stereocenters. The van der Waals surface area contributed by atoms with Gasteiger partial charge in [-0.1, -0.05) is 27.2 Å². The van der Waals surface area contributed by atoms with Crippen LogP contribution in [-0.4, -0.2) is 52.8 Å². The molecule has 0 aromatic heterocycles. The Bertz CT molecular complexity index is 496. The number of amides is 4.